The first-order chi connectivity index (χ1) is 17.2. The lowest BCUT2D eigenvalue weighted by Gasteiger charge is -2.52. The van der Waals surface area contributed by atoms with E-state index in [1.807, 2.05) is 19.9 Å². The van der Waals surface area contributed by atoms with Crippen LogP contribution in [0.1, 0.15) is 55.8 Å². The Hall–Kier alpha value is -2.73. The minimum atomic E-state index is 0.0989. The second-order valence-electron chi connectivity index (χ2n) is 9.99. The van der Waals surface area contributed by atoms with Crippen LogP contribution in [0, 0.1) is 5.92 Å². The Kier molecular flexibility index (Phi) is 7.47. The molecule has 5 rings (SSSR count). The van der Waals surface area contributed by atoms with Gasteiger partial charge in [0.25, 0.3) is 0 Å². The van der Waals surface area contributed by atoms with Gasteiger partial charge in [0, 0.05) is 38.3 Å². The molecule has 2 aromatic carbocycles. The molecule has 6 nitrogen and oxygen atoms in total. The summed E-state index contributed by atoms with van der Waals surface area (Å²) < 4.78 is 11.9. The van der Waals surface area contributed by atoms with Gasteiger partial charge < -0.3 is 19.7 Å². The molecule has 2 amide bonds. The zero-order valence-electron chi connectivity index (χ0n) is 21.2. The van der Waals surface area contributed by atoms with E-state index in [0.29, 0.717) is 31.7 Å². The maximum absolute atomic E-state index is 13.3. The minimum Gasteiger partial charge on any atom is -0.490 e. The van der Waals surface area contributed by atoms with Crippen molar-refractivity contribution in [2.75, 3.05) is 39.4 Å². The molecule has 3 atom stereocenters. The number of urea groups is 1. The maximum atomic E-state index is 13.3. The summed E-state index contributed by atoms with van der Waals surface area (Å²) in [6, 6.07) is 15.5. The van der Waals surface area contributed by atoms with Gasteiger partial charge in [0.05, 0.1) is 13.2 Å². The highest BCUT2D eigenvalue weighted by Crippen LogP contribution is 2.45. The first-order valence-corrected chi connectivity index (χ1v) is 13.4. The third kappa shape index (κ3) is 5.13. The molecular formula is C29H39N3O3. The standard InChI is InChI=1S/C29H39N3O3/c1-3-34-27-17-22-13-16-31-20-23-11-8-15-32(29(33)30-14-12-21-9-6-5-7-10-21)25(23)19-26(31)24(22)18-28(27)35-4-2/h5-7,9-10,17-18,23,25-26H,3-4,8,11-16,19-20H2,1-2H3,(H,30,33)/t23-,25+,26-/m1/s1. The number of nitrogens with one attached hydrogen (secondary N) is 1. The van der Waals surface area contributed by atoms with E-state index in [4.69, 9.17) is 9.47 Å². The van der Waals surface area contributed by atoms with Crippen molar-refractivity contribution < 1.29 is 14.3 Å². The summed E-state index contributed by atoms with van der Waals surface area (Å²) in [4.78, 5) is 18.1. The van der Waals surface area contributed by atoms with E-state index in [2.05, 4.69) is 51.5 Å². The van der Waals surface area contributed by atoms with Crippen LogP contribution >= 0.6 is 0 Å². The Morgan fingerprint density at radius 2 is 1.83 bits per heavy atom. The molecule has 6 heteroatoms. The first kappa shape index (κ1) is 24.0. The summed E-state index contributed by atoms with van der Waals surface area (Å²) in [7, 11) is 0. The van der Waals surface area contributed by atoms with Crippen LogP contribution in [0.3, 0.4) is 0 Å². The van der Waals surface area contributed by atoms with E-state index in [1.54, 1.807) is 0 Å². The van der Waals surface area contributed by atoms with E-state index < -0.39 is 0 Å². The zero-order valence-corrected chi connectivity index (χ0v) is 21.2. The Bertz CT molecular complexity index is 1010. The minimum absolute atomic E-state index is 0.0989. The van der Waals surface area contributed by atoms with Crippen LogP contribution in [0.5, 0.6) is 11.5 Å². The van der Waals surface area contributed by atoms with Gasteiger partial charge in [-0.1, -0.05) is 30.3 Å². The number of nitrogens with zero attached hydrogens (tertiary/aromatic N) is 2. The van der Waals surface area contributed by atoms with E-state index in [-0.39, 0.29) is 12.1 Å². The molecule has 2 saturated heterocycles. The van der Waals surface area contributed by atoms with Crippen LogP contribution in [0.25, 0.3) is 0 Å². The molecular weight excluding hydrogens is 438 g/mol. The number of fused-ring (bicyclic) bond motifs is 4. The lowest BCUT2D eigenvalue weighted by atomic mass is 9.76. The molecule has 0 radical (unpaired) electrons. The number of hydrogen-bond acceptors (Lipinski definition) is 4. The van der Waals surface area contributed by atoms with Crippen molar-refractivity contribution in [1.82, 2.24) is 15.1 Å². The first-order valence-electron chi connectivity index (χ1n) is 13.4. The van der Waals surface area contributed by atoms with E-state index in [9.17, 15) is 4.79 Å². The summed E-state index contributed by atoms with van der Waals surface area (Å²) in [5.74, 6) is 2.25. The number of carbonyl (C=O) groups excluding carboxylic acids is 1. The van der Waals surface area contributed by atoms with Crippen molar-refractivity contribution in [3.8, 4) is 11.5 Å². The van der Waals surface area contributed by atoms with Gasteiger partial charge in [-0.2, -0.15) is 0 Å². The van der Waals surface area contributed by atoms with Gasteiger partial charge in [-0.3, -0.25) is 4.90 Å². The maximum Gasteiger partial charge on any atom is 0.317 e. The molecule has 1 N–H and O–H groups in total. The van der Waals surface area contributed by atoms with Crippen molar-refractivity contribution in [2.24, 2.45) is 5.92 Å². The fourth-order valence-corrected chi connectivity index (χ4v) is 6.30. The molecule has 0 aromatic heterocycles. The topological polar surface area (TPSA) is 54.0 Å². The Morgan fingerprint density at radius 3 is 2.60 bits per heavy atom. The molecule has 3 aliphatic heterocycles. The predicted octanol–water partition coefficient (Wildman–Crippen LogP) is 4.82. The van der Waals surface area contributed by atoms with Crippen LogP contribution < -0.4 is 14.8 Å². The molecule has 0 saturated carbocycles. The van der Waals surface area contributed by atoms with Gasteiger partial charge in [0.15, 0.2) is 11.5 Å². The zero-order chi connectivity index (χ0) is 24.2. The fourth-order valence-electron chi connectivity index (χ4n) is 6.30. The van der Waals surface area contributed by atoms with Gasteiger partial charge in [0.2, 0.25) is 0 Å². The van der Waals surface area contributed by atoms with Crippen molar-refractivity contribution in [2.45, 2.75) is 58.0 Å². The average Bonchev–Trinajstić information content (AvgIpc) is 2.88. The predicted molar refractivity (Wildman–Crippen MR) is 138 cm³/mol. The quantitative estimate of drug-likeness (QED) is 0.621. The van der Waals surface area contributed by atoms with Gasteiger partial charge >= 0.3 is 6.03 Å². The summed E-state index contributed by atoms with van der Waals surface area (Å²) in [5, 5.41) is 3.21. The Morgan fingerprint density at radius 1 is 1.06 bits per heavy atom. The number of ether oxygens (including phenoxy) is 2. The second kappa shape index (κ2) is 10.9. The number of amides is 2. The Balaban J connectivity index is 1.31. The van der Waals surface area contributed by atoms with Crippen LogP contribution in [-0.4, -0.2) is 61.3 Å². The molecule has 2 fully saturated rings. The largest absolute Gasteiger partial charge is 0.490 e. The summed E-state index contributed by atoms with van der Waals surface area (Å²) in [5.41, 5.74) is 3.98. The molecule has 0 unspecified atom stereocenters. The lowest BCUT2D eigenvalue weighted by Crippen LogP contribution is -2.59. The smallest absolute Gasteiger partial charge is 0.317 e. The van der Waals surface area contributed by atoms with E-state index in [1.165, 1.54) is 23.1 Å². The monoisotopic (exact) mass is 477 g/mol. The summed E-state index contributed by atoms with van der Waals surface area (Å²) in [6.07, 6.45) is 5.19. The second-order valence-corrected chi connectivity index (χ2v) is 9.99. The fraction of sp³-hybridized carbons (Fsp3) is 0.552. The highest BCUT2D eigenvalue weighted by Gasteiger charge is 2.44. The van der Waals surface area contributed by atoms with Crippen LogP contribution in [-0.2, 0) is 12.8 Å². The normalized spacial score (nSPS) is 23.6. The molecule has 0 bridgehead atoms. The average molecular weight is 478 g/mol. The van der Waals surface area contributed by atoms with Gasteiger partial charge in [-0.05, 0) is 80.7 Å². The van der Waals surface area contributed by atoms with Gasteiger partial charge in [-0.25, -0.2) is 4.79 Å². The van der Waals surface area contributed by atoms with E-state index in [0.717, 1.165) is 56.8 Å². The van der Waals surface area contributed by atoms with Crippen molar-refractivity contribution in [3.05, 3.63) is 59.2 Å². The molecule has 0 spiro atoms. The highest BCUT2D eigenvalue weighted by molar-refractivity contribution is 5.74. The van der Waals surface area contributed by atoms with E-state index >= 15 is 0 Å². The third-order valence-electron chi connectivity index (χ3n) is 7.92. The summed E-state index contributed by atoms with van der Waals surface area (Å²) in [6.45, 7) is 8.95. The van der Waals surface area contributed by atoms with Crippen molar-refractivity contribution >= 4 is 6.03 Å². The number of piperidine rings is 2. The number of rotatable bonds is 7. The lowest BCUT2D eigenvalue weighted by molar-refractivity contribution is 0.00566. The molecule has 3 heterocycles. The van der Waals surface area contributed by atoms with Crippen LogP contribution in [0.15, 0.2) is 42.5 Å². The van der Waals surface area contributed by atoms with Crippen molar-refractivity contribution in [1.29, 1.82) is 0 Å². The third-order valence-corrected chi connectivity index (χ3v) is 7.92. The van der Waals surface area contributed by atoms with Crippen LogP contribution in [0.4, 0.5) is 4.79 Å². The summed E-state index contributed by atoms with van der Waals surface area (Å²) >= 11 is 0. The van der Waals surface area contributed by atoms with Crippen LogP contribution in [0.2, 0.25) is 0 Å². The molecule has 3 aliphatic rings. The van der Waals surface area contributed by atoms with Gasteiger partial charge in [-0.15, -0.1) is 0 Å². The molecule has 0 aliphatic carbocycles. The molecule has 2 aromatic rings. The number of hydrogen-bond donors (Lipinski definition) is 1. The number of carbonyl (C=O) groups is 1. The number of benzene rings is 2. The SMILES string of the molecule is CCOc1cc2c(cc1OCC)[C@H]1C[C@H]3[C@H](CCCN3C(=O)NCCc3ccccc3)CN1CC2. The number of likely N-dealkylation sites (tertiary alicyclic amines) is 1. The highest BCUT2D eigenvalue weighted by atomic mass is 16.5. The Labute approximate surface area is 209 Å². The van der Waals surface area contributed by atoms with Gasteiger partial charge in [0.1, 0.15) is 0 Å². The molecule has 35 heavy (non-hydrogen) atoms. The molecule has 188 valence electrons. The van der Waals surface area contributed by atoms with Crippen molar-refractivity contribution in [3.63, 3.8) is 0 Å².